The standard InChI is InChI=1S/C24H31NO4/c1-28-23-19-22(14-13-21(23)12-8-16-25-17-15-24(26)27)29-18-7-3-6-11-20-9-4-2-5-10-20/h2,4-5,8-10,12-14,19,25H,3,6-7,11,15-18H2,1H3,(H,26,27)/b12-8+. The summed E-state index contributed by atoms with van der Waals surface area (Å²) in [6.07, 6.45) is 8.48. The number of methoxy groups -OCH3 is 1. The van der Waals surface area contributed by atoms with Crippen LogP contribution < -0.4 is 14.8 Å². The van der Waals surface area contributed by atoms with Gasteiger partial charge in [-0.05, 0) is 43.4 Å². The van der Waals surface area contributed by atoms with Crippen LogP contribution in [0.1, 0.15) is 36.8 Å². The van der Waals surface area contributed by atoms with Crippen LogP contribution in [0.3, 0.4) is 0 Å². The second-order valence-electron chi connectivity index (χ2n) is 6.80. The van der Waals surface area contributed by atoms with Gasteiger partial charge < -0.3 is 19.9 Å². The van der Waals surface area contributed by atoms with Gasteiger partial charge in [0.1, 0.15) is 11.5 Å². The molecule has 0 bridgehead atoms. The summed E-state index contributed by atoms with van der Waals surface area (Å²) in [5.74, 6) is 0.768. The van der Waals surface area contributed by atoms with Crippen LogP contribution in [0.2, 0.25) is 0 Å². The molecule has 0 aliphatic heterocycles. The molecule has 0 fully saturated rings. The van der Waals surface area contributed by atoms with Gasteiger partial charge in [0, 0.05) is 24.7 Å². The third kappa shape index (κ3) is 9.30. The highest BCUT2D eigenvalue weighted by atomic mass is 16.5. The average Bonchev–Trinajstić information content (AvgIpc) is 2.74. The number of carboxylic acids is 1. The van der Waals surface area contributed by atoms with Crippen molar-refractivity contribution in [3.05, 3.63) is 65.7 Å². The van der Waals surface area contributed by atoms with E-state index in [2.05, 4.69) is 29.6 Å². The van der Waals surface area contributed by atoms with E-state index < -0.39 is 5.97 Å². The maximum absolute atomic E-state index is 10.5. The number of carboxylic acid groups (broad SMARTS) is 1. The molecule has 2 rings (SSSR count). The SMILES string of the molecule is COc1cc(OCCCCCc2ccccc2)ccc1/C=C/CNCCC(=O)O. The summed E-state index contributed by atoms with van der Waals surface area (Å²) in [4.78, 5) is 10.5. The fraction of sp³-hybridized carbons (Fsp3) is 0.375. The molecule has 5 heteroatoms. The quantitative estimate of drug-likeness (QED) is 0.457. The summed E-state index contributed by atoms with van der Waals surface area (Å²) >= 11 is 0. The van der Waals surface area contributed by atoms with Gasteiger partial charge in [-0.3, -0.25) is 4.79 Å². The number of unbranched alkanes of at least 4 members (excludes halogenated alkanes) is 2. The van der Waals surface area contributed by atoms with Crippen molar-refractivity contribution in [3.63, 3.8) is 0 Å². The van der Waals surface area contributed by atoms with Crippen LogP contribution in [-0.4, -0.2) is 37.9 Å². The van der Waals surface area contributed by atoms with E-state index in [9.17, 15) is 4.79 Å². The first kappa shape index (κ1) is 22.5. The lowest BCUT2D eigenvalue weighted by Crippen LogP contribution is -2.17. The van der Waals surface area contributed by atoms with Crippen LogP contribution in [0.5, 0.6) is 11.5 Å². The zero-order chi connectivity index (χ0) is 20.7. The van der Waals surface area contributed by atoms with E-state index in [0.29, 0.717) is 19.7 Å². The van der Waals surface area contributed by atoms with Gasteiger partial charge in [-0.25, -0.2) is 0 Å². The van der Waals surface area contributed by atoms with Gasteiger partial charge in [0.25, 0.3) is 0 Å². The Kier molecular flexibility index (Phi) is 10.4. The lowest BCUT2D eigenvalue weighted by atomic mass is 10.1. The lowest BCUT2D eigenvalue weighted by Gasteiger charge is -2.10. The molecule has 156 valence electrons. The van der Waals surface area contributed by atoms with Crippen LogP contribution in [0, 0.1) is 0 Å². The lowest BCUT2D eigenvalue weighted by molar-refractivity contribution is -0.136. The van der Waals surface area contributed by atoms with E-state index in [1.165, 1.54) is 12.0 Å². The van der Waals surface area contributed by atoms with Gasteiger partial charge in [-0.2, -0.15) is 0 Å². The highest BCUT2D eigenvalue weighted by Crippen LogP contribution is 2.26. The number of benzene rings is 2. The minimum Gasteiger partial charge on any atom is -0.496 e. The summed E-state index contributed by atoms with van der Waals surface area (Å²) in [7, 11) is 1.64. The van der Waals surface area contributed by atoms with Crippen molar-refractivity contribution < 1.29 is 19.4 Å². The highest BCUT2D eigenvalue weighted by molar-refractivity contribution is 5.66. The summed E-state index contributed by atoms with van der Waals surface area (Å²) in [6, 6.07) is 16.4. The molecular weight excluding hydrogens is 366 g/mol. The topological polar surface area (TPSA) is 67.8 Å². The first-order chi connectivity index (χ1) is 14.2. The Morgan fingerprint density at radius 3 is 2.69 bits per heavy atom. The van der Waals surface area contributed by atoms with Gasteiger partial charge in [-0.15, -0.1) is 0 Å². The van der Waals surface area contributed by atoms with Crippen LogP contribution in [0.25, 0.3) is 6.08 Å². The maximum Gasteiger partial charge on any atom is 0.304 e. The minimum atomic E-state index is -0.796. The molecule has 2 N–H and O–H groups in total. The first-order valence-corrected chi connectivity index (χ1v) is 10.1. The monoisotopic (exact) mass is 397 g/mol. The van der Waals surface area contributed by atoms with Crippen molar-refractivity contribution in [2.24, 2.45) is 0 Å². The molecule has 0 saturated carbocycles. The number of ether oxygens (including phenoxy) is 2. The fourth-order valence-corrected chi connectivity index (χ4v) is 2.93. The van der Waals surface area contributed by atoms with E-state index >= 15 is 0 Å². The number of rotatable bonds is 14. The predicted octanol–water partition coefficient (Wildman–Crippen LogP) is 4.56. The van der Waals surface area contributed by atoms with Crippen molar-refractivity contribution in [2.45, 2.75) is 32.1 Å². The van der Waals surface area contributed by atoms with Crippen LogP contribution >= 0.6 is 0 Å². The summed E-state index contributed by atoms with van der Waals surface area (Å²) in [5, 5.41) is 11.7. The number of carbonyl (C=O) groups is 1. The molecule has 0 spiro atoms. The van der Waals surface area contributed by atoms with Gasteiger partial charge >= 0.3 is 5.97 Å². The number of aliphatic carboxylic acids is 1. The average molecular weight is 398 g/mol. The molecule has 0 heterocycles. The largest absolute Gasteiger partial charge is 0.496 e. The summed E-state index contributed by atoms with van der Waals surface area (Å²) < 4.78 is 11.3. The van der Waals surface area contributed by atoms with Gasteiger partial charge in [0.05, 0.1) is 20.1 Å². The molecule has 0 radical (unpaired) electrons. The minimum absolute atomic E-state index is 0.120. The molecule has 0 saturated heterocycles. The van der Waals surface area contributed by atoms with Crippen molar-refractivity contribution >= 4 is 12.0 Å². The van der Waals surface area contributed by atoms with E-state index in [-0.39, 0.29) is 6.42 Å². The number of hydrogen-bond acceptors (Lipinski definition) is 4. The molecule has 2 aromatic rings. The molecule has 0 unspecified atom stereocenters. The Labute approximate surface area is 173 Å². The molecule has 2 aromatic carbocycles. The van der Waals surface area contributed by atoms with E-state index in [4.69, 9.17) is 14.6 Å². The summed E-state index contributed by atoms with van der Waals surface area (Å²) in [6.45, 7) is 1.76. The van der Waals surface area contributed by atoms with Gasteiger partial charge in [0.15, 0.2) is 0 Å². The van der Waals surface area contributed by atoms with Crippen LogP contribution in [0.4, 0.5) is 0 Å². The Bertz CT molecular complexity index is 759. The molecule has 0 aliphatic rings. The van der Waals surface area contributed by atoms with E-state index in [1.54, 1.807) is 7.11 Å². The Morgan fingerprint density at radius 1 is 1.10 bits per heavy atom. The number of nitrogens with one attached hydrogen (secondary N) is 1. The summed E-state index contributed by atoms with van der Waals surface area (Å²) in [5.41, 5.74) is 2.35. The molecule has 0 aromatic heterocycles. The molecule has 0 atom stereocenters. The van der Waals surface area contributed by atoms with Crippen LogP contribution in [-0.2, 0) is 11.2 Å². The highest BCUT2D eigenvalue weighted by Gasteiger charge is 2.03. The van der Waals surface area contributed by atoms with Crippen molar-refractivity contribution in [3.8, 4) is 11.5 Å². The Balaban J connectivity index is 1.68. The van der Waals surface area contributed by atoms with Crippen LogP contribution in [0.15, 0.2) is 54.6 Å². The van der Waals surface area contributed by atoms with Gasteiger partial charge in [-0.1, -0.05) is 42.5 Å². The van der Waals surface area contributed by atoms with Crippen molar-refractivity contribution in [2.75, 3.05) is 26.8 Å². The van der Waals surface area contributed by atoms with E-state index in [1.807, 2.05) is 36.4 Å². The molecular formula is C24H31NO4. The smallest absolute Gasteiger partial charge is 0.304 e. The second kappa shape index (κ2) is 13.4. The molecule has 29 heavy (non-hydrogen) atoms. The first-order valence-electron chi connectivity index (χ1n) is 10.1. The Morgan fingerprint density at radius 2 is 1.93 bits per heavy atom. The Hall–Kier alpha value is -2.79. The van der Waals surface area contributed by atoms with Crippen molar-refractivity contribution in [1.82, 2.24) is 5.32 Å². The van der Waals surface area contributed by atoms with E-state index in [0.717, 1.165) is 36.3 Å². The molecule has 0 amide bonds. The normalized spacial score (nSPS) is 10.9. The number of hydrogen-bond donors (Lipinski definition) is 2. The van der Waals surface area contributed by atoms with Crippen molar-refractivity contribution in [1.29, 1.82) is 0 Å². The second-order valence-corrected chi connectivity index (χ2v) is 6.80. The predicted molar refractivity (Wildman–Crippen MR) is 117 cm³/mol. The molecule has 5 nitrogen and oxygen atoms in total. The number of aryl methyl sites for hydroxylation is 1. The fourth-order valence-electron chi connectivity index (χ4n) is 2.93. The zero-order valence-electron chi connectivity index (χ0n) is 17.1. The third-order valence-corrected chi connectivity index (χ3v) is 4.50. The maximum atomic E-state index is 10.5. The van der Waals surface area contributed by atoms with Gasteiger partial charge in [0.2, 0.25) is 0 Å². The third-order valence-electron chi connectivity index (χ3n) is 4.50. The zero-order valence-corrected chi connectivity index (χ0v) is 17.1. The molecule has 0 aliphatic carbocycles.